The summed E-state index contributed by atoms with van der Waals surface area (Å²) >= 11 is 1.48. The van der Waals surface area contributed by atoms with Gasteiger partial charge in [-0.15, -0.1) is 11.8 Å². The lowest BCUT2D eigenvalue weighted by atomic mass is 10.1. The van der Waals surface area contributed by atoms with Gasteiger partial charge >= 0.3 is 0 Å². The topological polar surface area (TPSA) is 49.4 Å². The van der Waals surface area contributed by atoms with Gasteiger partial charge in [-0.2, -0.15) is 0 Å². The van der Waals surface area contributed by atoms with Crippen molar-refractivity contribution in [3.05, 3.63) is 94.8 Å². The van der Waals surface area contributed by atoms with E-state index in [1.807, 2.05) is 43.3 Å². The molecular weight excluding hydrogens is 399 g/mol. The van der Waals surface area contributed by atoms with Crippen LogP contribution >= 0.6 is 11.8 Å². The predicted molar refractivity (Wildman–Crippen MR) is 119 cm³/mol. The van der Waals surface area contributed by atoms with Crippen LogP contribution in [0.3, 0.4) is 0 Å². The van der Waals surface area contributed by atoms with Gasteiger partial charge in [-0.25, -0.2) is 4.39 Å². The van der Waals surface area contributed by atoms with Gasteiger partial charge in [0.15, 0.2) is 0 Å². The summed E-state index contributed by atoms with van der Waals surface area (Å²) in [5.74, 6) is -0.280. The summed E-state index contributed by atoms with van der Waals surface area (Å²) in [6, 6.07) is 19.6. The minimum Gasteiger partial charge on any atom is -0.322 e. The third-order valence-electron chi connectivity index (χ3n) is 5.04. The number of aryl methyl sites for hydroxylation is 2. The lowest BCUT2D eigenvalue weighted by Crippen LogP contribution is -2.28. The molecule has 3 aromatic carbocycles. The van der Waals surface area contributed by atoms with Gasteiger partial charge in [0.25, 0.3) is 5.91 Å². The van der Waals surface area contributed by atoms with Crippen LogP contribution in [0.15, 0.2) is 66.7 Å². The molecule has 3 aromatic rings. The van der Waals surface area contributed by atoms with Crippen molar-refractivity contribution in [2.24, 2.45) is 0 Å². The maximum atomic E-state index is 14.1. The quantitative estimate of drug-likeness (QED) is 0.609. The molecule has 0 unspecified atom stereocenters. The van der Waals surface area contributed by atoms with Gasteiger partial charge in [0, 0.05) is 16.9 Å². The van der Waals surface area contributed by atoms with Gasteiger partial charge in [0.1, 0.15) is 11.2 Å². The van der Waals surface area contributed by atoms with E-state index in [1.165, 1.54) is 17.8 Å². The van der Waals surface area contributed by atoms with Crippen LogP contribution in [0.4, 0.5) is 15.8 Å². The van der Waals surface area contributed by atoms with Crippen molar-refractivity contribution in [2.75, 3.05) is 16.0 Å². The number of rotatable bonds is 4. The van der Waals surface area contributed by atoms with E-state index in [0.29, 0.717) is 28.3 Å². The molecule has 152 valence electrons. The van der Waals surface area contributed by atoms with Crippen LogP contribution in [0.5, 0.6) is 0 Å². The van der Waals surface area contributed by atoms with Gasteiger partial charge < -0.3 is 5.32 Å². The minimum atomic E-state index is -0.338. The van der Waals surface area contributed by atoms with Crippen molar-refractivity contribution in [3.63, 3.8) is 0 Å². The van der Waals surface area contributed by atoms with E-state index in [4.69, 9.17) is 0 Å². The lowest BCUT2D eigenvalue weighted by Gasteiger charge is -2.25. The number of thioether (sulfide) groups is 1. The van der Waals surface area contributed by atoms with Gasteiger partial charge in [0.2, 0.25) is 5.91 Å². The molecule has 4 nitrogen and oxygen atoms in total. The zero-order chi connectivity index (χ0) is 21.3. The monoisotopic (exact) mass is 420 g/mol. The molecule has 2 amide bonds. The molecule has 0 aromatic heterocycles. The maximum Gasteiger partial charge on any atom is 0.255 e. The van der Waals surface area contributed by atoms with Crippen molar-refractivity contribution in [3.8, 4) is 0 Å². The van der Waals surface area contributed by atoms with E-state index < -0.39 is 0 Å². The van der Waals surface area contributed by atoms with Crippen LogP contribution in [0.2, 0.25) is 0 Å². The Balaban J connectivity index is 1.59. The van der Waals surface area contributed by atoms with Gasteiger partial charge in [-0.1, -0.05) is 35.9 Å². The Hall–Kier alpha value is -3.12. The first-order chi connectivity index (χ1) is 14.4. The van der Waals surface area contributed by atoms with Crippen LogP contribution in [0.25, 0.3) is 0 Å². The average Bonchev–Trinajstić information content (AvgIpc) is 3.12. The average molecular weight is 421 g/mol. The molecule has 0 bridgehead atoms. The number of nitrogens with zero attached hydrogens (tertiary/aromatic N) is 1. The first-order valence-electron chi connectivity index (χ1n) is 9.60. The molecule has 6 heteroatoms. The molecule has 1 atom stereocenters. The Morgan fingerprint density at radius 3 is 2.57 bits per heavy atom. The number of hydrogen-bond acceptors (Lipinski definition) is 3. The highest BCUT2D eigenvalue weighted by Gasteiger charge is 2.34. The van der Waals surface area contributed by atoms with Crippen LogP contribution in [-0.2, 0) is 4.79 Å². The second kappa shape index (κ2) is 8.32. The molecular formula is C24H21FN2O2S. The van der Waals surface area contributed by atoms with Crippen molar-refractivity contribution in [2.45, 2.75) is 19.2 Å². The molecule has 1 fully saturated rings. The fourth-order valence-electron chi connectivity index (χ4n) is 3.36. The highest BCUT2D eigenvalue weighted by atomic mass is 32.2. The Kier molecular flexibility index (Phi) is 5.59. The molecule has 30 heavy (non-hydrogen) atoms. The van der Waals surface area contributed by atoms with E-state index in [0.717, 1.165) is 11.1 Å². The number of amides is 2. The van der Waals surface area contributed by atoms with Crippen molar-refractivity contribution >= 4 is 35.0 Å². The number of halogens is 1. The third kappa shape index (κ3) is 4.09. The highest BCUT2D eigenvalue weighted by Crippen LogP contribution is 2.42. The van der Waals surface area contributed by atoms with E-state index in [1.54, 1.807) is 36.1 Å². The van der Waals surface area contributed by atoms with Crippen molar-refractivity contribution in [1.29, 1.82) is 0 Å². The zero-order valence-corrected chi connectivity index (χ0v) is 17.5. The number of benzene rings is 3. The summed E-state index contributed by atoms with van der Waals surface area (Å²) in [7, 11) is 0. The SMILES string of the molecule is Cc1ccc(C(=O)Nc2cccc([C@@H]3SCC(=O)N3c3ccc(C)c(F)c3)c2)cc1. The summed E-state index contributed by atoms with van der Waals surface area (Å²) in [5, 5.41) is 2.63. The minimum absolute atomic E-state index is 0.0673. The molecule has 1 saturated heterocycles. The lowest BCUT2D eigenvalue weighted by molar-refractivity contribution is -0.115. The fourth-order valence-corrected chi connectivity index (χ4v) is 4.53. The molecule has 0 aliphatic carbocycles. The first-order valence-corrected chi connectivity index (χ1v) is 10.6. The highest BCUT2D eigenvalue weighted by molar-refractivity contribution is 8.00. The number of carbonyl (C=O) groups excluding carboxylic acids is 2. The summed E-state index contributed by atoms with van der Waals surface area (Å²) in [6.45, 7) is 3.66. The van der Waals surface area contributed by atoms with Crippen LogP contribution < -0.4 is 10.2 Å². The van der Waals surface area contributed by atoms with Gasteiger partial charge in [0.05, 0.1) is 5.75 Å². The second-order valence-electron chi connectivity index (χ2n) is 7.31. The summed E-state index contributed by atoms with van der Waals surface area (Å²) in [6.07, 6.45) is 0. The number of hydrogen-bond donors (Lipinski definition) is 1. The standard InChI is InChI=1S/C24H21FN2O2S/c1-15-6-9-17(10-7-15)23(29)26-19-5-3-4-18(12-19)24-27(22(28)14-30-24)20-11-8-16(2)21(25)13-20/h3-13,24H,14H2,1-2H3,(H,26,29)/t24-/m0/s1. The van der Waals surface area contributed by atoms with Crippen LogP contribution in [0, 0.1) is 19.7 Å². The fraction of sp³-hybridized carbons (Fsp3) is 0.167. The Labute approximate surface area is 179 Å². The summed E-state index contributed by atoms with van der Waals surface area (Å²) in [5.41, 5.74) is 4.25. The zero-order valence-electron chi connectivity index (χ0n) is 16.7. The summed E-state index contributed by atoms with van der Waals surface area (Å²) in [4.78, 5) is 26.7. The van der Waals surface area contributed by atoms with E-state index in [9.17, 15) is 14.0 Å². The maximum absolute atomic E-state index is 14.1. The molecule has 0 radical (unpaired) electrons. The number of carbonyl (C=O) groups is 2. The normalized spacial score (nSPS) is 16.0. The van der Waals surface area contributed by atoms with Gasteiger partial charge in [-0.05, 0) is 61.4 Å². The Bertz CT molecular complexity index is 1110. The molecule has 1 N–H and O–H groups in total. The van der Waals surface area contributed by atoms with E-state index in [-0.39, 0.29) is 23.0 Å². The molecule has 0 saturated carbocycles. The number of anilines is 2. The Morgan fingerprint density at radius 2 is 1.83 bits per heavy atom. The largest absolute Gasteiger partial charge is 0.322 e. The van der Waals surface area contributed by atoms with Crippen molar-refractivity contribution < 1.29 is 14.0 Å². The summed E-state index contributed by atoms with van der Waals surface area (Å²) < 4.78 is 14.1. The smallest absolute Gasteiger partial charge is 0.255 e. The van der Waals surface area contributed by atoms with Crippen LogP contribution in [0.1, 0.15) is 32.4 Å². The van der Waals surface area contributed by atoms with Gasteiger partial charge in [-0.3, -0.25) is 14.5 Å². The molecule has 1 aliphatic rings. The van der Waals surface area contributed by atoms with Crippen molar-refractivity contribution in [1.82, 2.24) is 0 Å². The molecule has 1 aliphatic heterocycles. The number of nitrogens with one attached hydrogen (secondary N) is 1. The third-order valence-corrected chi connectivity index (χ3v) is 6.26. The molecule has 4 rings (SSSR count). The molecule has 1 heterocycles. The first kappa shape index (κ1) is 20.2. The molecule has 0 spiro atoms. The van der Waals surface area contributed by atoms with Crippen LogP contribution in [-0.4, -0.2) is 17.6 Å². The predicted octanol–water partition coefficient (Wildman–Crippen LogP) is 5.47. The van der Waals surface area contributed by atoms with E-state index >= 15 is 0 Å². The second-order valence-corrected chi connectivity index (χ2v) is 8.37. The Morgan fingerprint density at radius 1 is 1.07 bits per heavy atom. The van der Waals surface area contributed by atoms with E-state index in [2.05, 4.69) is 5.32 Å².